The van der Waals surface area contributed by atoms with Crippen molar-refractivity contribution in [2.45, 2.75) is 19.1 Å². The smallest absolute Gasteiger partial charge is 0.269 e. The van der Waals surface area contributed by atoms with Crippen molar-refractivity contribution in [1.82, 2.24) is 15.3 Å². The second-order valence-corrected chi connectivity index (χ2v) is 7.93. The molecule has 0 aliphatic carbocycles. The summed E-state index contributed by atoms with van der Waals surface area (Å²) in [6.07, 6.45) is -0.198. The molecule has 0 bridgehead atoms. The van der Waals surface area contributed by atoms with Gasteiger partial charge >= 0.3 is 0 Å². The molecule has 3 aromatic rings. The molecule has 1 aliphatic rings. The minimum atomic E-state index is -0.299. The first-order chi connectivity index (χ1) is 15.0. The van der Waals surface area contributed by atoms with Gasteiger partial charge in [0.25, 0.3) is 11.8 Å². The quantitative estimate of drug-likeness (QED) is 0.668. The fourth-order valence-electron chi connectivity index (χ4n) is 3.95. The van der Waals surface area contributed by atoms with Crippen LogP contribution in [0.15, 0.2) is 72.8 Å². The van der Waals surface area contributed by atoms with Crippen LogP contribution in [0.4, 0.5) is 0 Å². The number of carbonyl (C=O) groups excluding carboxylic acids is 2. The van der Waals surface area contributed by atoms with Crippen molar-refractivity contribution in [2.75, 3.05) is 26.7 Å². The number of hydrogen-bond acceptors (Lipinski definition) is 4. The molecule has 6 nitrogen and oxygen atoms in total. The average Bonchev–Trinajstić information content (AvgIpc) is 2.81. The van der Waals surface area contributed by atoms with Crippen LogP contribution in [0.2, 0.25) is 0 Å². The van der Waals surface area contributed by atoms with Crippen molar-refractivity contribution in [3.8, 4) is 0 Å². The maximum absolute atomic E-state index is 12.4. The first-order valence-electron chi connectivity index (χ1n) is 10.5. The molecule has 6 heteroatoms. The van der Waals surface area contributed by atoms with Gasteiger partial charge in [0.2, 0.25) is 0 Å². The number of nitrogens with one attached hydrogen (secondary N) is 1. The van der Waals surface area contributed by atoms with E-state index in [1.807, 2.05) is 12.1 Å². The maximum atomic E-state index is 12.4. The zero-order chi connectivity index (χ0) is 21.8. The lowest BCUT2D eigenvalue weighted by Gasteiger charge is -2.36. The Morgan fingerprint density at radius 1 is 1.10 bits per heavy atom. The molecular formula is C25H27N3O3. The van der Waals surface area contributed by atoms with Crippen molar-refractivity contribution >= 4 is 22.6 Å². The number of likely N-dealkylation sites (N-methyl/N-ethyl adjacent to an activating group) is 1. The molecule has 0 radical (unpaired) electrons. The lowest BCUT2D eigenvalue weighted by atomic mass is 9.99. The standard InChI is InChI=1S/C25H27N3O3/c1-18(22-14-8-12-19-9-6-7-13-23(19)22)27(2)15-21-16-28(24(29)17-31-21)26-25(30)20-10-4-3-5-11-20/h3-14,18,21H,15-17H2,1-2H3,(H,26,30)/t18-,21?/m1/s1. The van der Waals surface area contributed by atoms with Crippen LogP contribution in [0.5, 0.6) is 0 Å². The summed E-state index contributed by atoms with van der Waals surface area (Å²) in [6.45, 7) is 3.07. The molecule has 1 unspecified atom stereocenters. The van der Waals surface area contributed by atoms with Crippen LogP contribution in [-0.2, 0) is 9.53 Å². The van der Waals surface area contributed by atoms with E-state index in [1.54, 1.807) is 24.3 Å². The van der Waals surface area contributed by atoms with Crippen LogP contribution >= 0.6 is 0 Å². The Kier molecular flexibility index (Phi) is 6.30. The summed E-state index contributed by atoms with van der Waals surface area (Å²) in [5.74, 6) is -0.544. The van der Waals surface area contributed by atoms with Gasteiger partial charge in [-0.2, -0.15) is 0 Å². The Morgan fingerprint density at radius 3 is 2.61 bits per heavy atom. The highest BCUT2D eigenvalue weighted by Gasteiger charge is 2.29. The van der Waals surface area contributed by atoms with Crippen molar-refractivity contribution in [2.24, 2.45) is 0 Å². The van der Waals surface area contributed by atoms with Gasteiger partial charge < -0.3 is 4.74 Å². The molecule has 1 aliphatic heterocycles. The second-order valence-electron chi connectivity index (χ2n) is 7.93. The monoisotopic (exact) mass is 417 g/mol. The minimum Gasteiger partial charge on any atom is -0.365 e. The zero-order valence-corrected chi connectivity index (χ0v) is 17.8. The van der Waals surface area contributed by atoms with E-state index in [0.717, 1.165) is 0 Å². The summed E-state index contributed by atoms with van der Waals surface area (Å²) in [5.41, 5.74) is 4.49. The Bertz CT molecular complexity index is 1060. The molecule has 2 atom stereocenters. The van der Waals surface area contributed by atoms with Crippen molar-refractivity contribution in [3.63, 3.8) is 0 Å². The molecule has 0 spiro atoms. The first kappa shape index (κ1) is 21.0. The lowest BCUT2D eigenvalue weighted by molar-refractivity contribution is -0.153. The van der Waals surface area contributed by atoms with Gasteiger partial charge in [0, 0.05) is 18.2 Å². The van der Waals surface area contributed by atoms with E-state index in [9.17, 15) is 9.59 Å². The molecule has 1 N–H and O–H groups in total. The Labute approximate surface area is 182 Å². The average molecular weight is 418 g/mol. The van der Waals surface area contributed by atoms with E-state index in [2.05, 4.69) is 60.7 Å². The van der Waals surface area contributed by atoms with E-state index >= 15 is 0 Å². The van der Waals surface area contributed by atoms with Crippen LogP contribution in [-0.4, -0.2) is 54.6 Å². The number of ether oxygens (including phenoxy) is 1. The van der Waals surface area contributed by atoms with Gasteiger partial charge in [-0.1, -0.05) is 60.7 Å². The Hall–Kier alpha value is -3.22. The second kappa shape index (κ2) is 9.29. The third kappa shape index (κ3) is 4.76. The highest BCUT2D eigenvalue weighted by atomic mass is 16.5. The van der Waals surface area contributed by atoms with Gasteiger partial charge in [0.15, 0.2) is 0 Å². The molecule has 3 aromatic carbocycles. The lowest BCUT2D eigenvalue weighted by Crippen LogP contribution is -2.56. The third-order valence-corrected chi connectivity index (χ3v) is 5.83. The van der Waals surface area contributed by atoms with Crippen molar-refractivity contribution in [1.29, 1.82) is 0 Å². The highest BCUT2D eigenvalue weighted by molar-refractivity contribution is 5.95. The van der Waals surface area contributed by atoms with Gasteiger partial charge in [-0.05, 0) is 42.4 Å². The summed E-state index contributed by atoms with van der Waals surface area (Å²) < 4.78 is 5.77. The Morgan fingerprint density at radius 2 is 1.81 bits per heavy atom. The summed E-state index contributed by atoms with van der Waals surface area (Å²) in [5, 5.41) is 3.83. The maximum Gasteiger partial charge on any atom is 0.269 e. The number of amides is 2. The molecule has 160 valence electrons. The fourth-order valence-corrected chi connectivity index (χ4v) is 3.95. The largest absolute Gasteiger partial charge is 0.365 e. The van der Waals surface area contributed by atoms with E-state index in [-0.39, 0.29) is 30.6 Å². The van der Waals surface area contributed by atoms with E-state index < -0.39 is 0 Å². The molecular weight excluding hydrogens is 390 g/mol. The molecule has 0 aromatic heterocycles. The Balaban J connectivity index is 1.41. The molecule has 4 rings (SSSR count). The number of rotatable bonds is 6. The summed E-state index contributed by atoms with van der Waals surface area (Å²) in [6, 6.07) is 23.8. The molecule has 1 fully saturated rings. The number of hydrazine groups is 1. The van der Waals surface area contributed by atoms with E-state index in [0.29, 0.717) is 18.7 Å². The summed E-state index contributed by atoms with van der Waals surface area (Å²) >= 11 is 0. The van der Waals surface area contributed by atoms with Crippen LogP contribution in [0.3, 0.4) is 0 Å². The third-order valence-electron chi connectivity index (χ3n) is 5.83. The molecule has 1 saturated heterocycles. The molecule has 0 saturated carbocycles. The fraction of sp³-hybridized carbons (Fsp3) is 0.280. The predicted octanol–water partition coefficient (Wildman–Crippen LogP) is 3.41. The first-order valence-corrected chi connectivity index (χ1v) is 10.5. The number of morpholine rings is 1. The van der Waals surface area contributed by atoms with Crippen LogP contribution in [0, 0.1) is 0 Å². The number of benzene rings is 3. The topological polar surface area (TPSA) is 61.9 Å². The van der Waals surface area contributed by atoms with Crippen LogP contribution < -0.4 is 5.43 Å². The van der Waals surface area contributed by atoms with Gasteiger partial charge in [0.1, 0.15) is 6.61 Å². The number of nitrogens with zero attached hydrogens (tertiary/aromatic N) is 2. The van der Waals surface area contributed by atoms with Gasteiger partial charge in [-0.15, -0.1) is 0 Å². The van der Waals surface area contributed by atoms with E-state index in [4.69, 9.17) is 4.74 Å². The van der Waals surface area contributed by atoms with Gasteiger partial charge in [-0.3, -0.25) is 19.9 Å². The predicted molar refractivity (Wildman–Crippen MR) is 120 cm³/mol. The van der Waals surface area contributed by atoms with Gasteiger partial charge in [-0.25, -0.2) is 5.01 Å². The van der Waals surface area contributed by atoms with E-state index in [1.165, 1.54) is 21.3 Å². The number of fused-ring (bicyclic) bond motifs is 1. The highest BCUT2D eigenvalue weighted by Crippen LogP contribution is 2.27. The van der Waals surface area contributed by atoms with Crippen LogP contribution in [0.25, 0.3) is 10.8 Å². The van der Waals surface area contributed by atoms with Gasteiger partial charge in [0.05, 0.1) is 12.6 Å². The SMILES string of the molecule is C[C@H](c1cccc2ccccc12)N(C)CC1CN(NC(=O)c2ccccc2)C(=O)CO1. The van der Waals surface area contributed by atoms with Crippen molar-refractivity contribution in [3.05, 3.63) is 83.9 Å². The zero-order valence-electron chi connectivity index (χ0n) is 17.8. The normalized spacial score (nSPS) is 17.7. The number of hydrogen-bond donors (Lipinski definition) is 1. The molecule has 2 amide bonds. The summed E-state index contributed by atoms with van der Waals surface area (Å²) in [4.78, 5) is 26.9. The molecule has 1 heterocycles. The minimum absolute atomic E-state index is 0.0454. The van der Waals surface area contributed by atoms with Crippen molar-refractivity contribution < 1.29 is 14.3 Å². The number of carbonyl (C=O) groups is 2. The molecule has 31 heavy (non-hydrogen) atoms. The van der Waals surface area contributed by atoms with Crippen LogP contribution in [0.1, 0.15) is 28.9 Å². The summed E-state index contributed by atoms with van der Waals surface area (Å²) in [7, 11) is 2.05.